The number of halogens is 2. The number of anilines is 1. The average molecular weight is 282 g/mol. The van der Waals surface area contributed by atoms with E-state index in [2.05, 4.69) is 15.3 Å². The molecule has 7 nitrogen and oxygen atoms in total. The summed E-state index contributed by atoms with van der Waals surface area (Å²) in [7, 11) is 1.44. The van der Waals surface area contributed by atoms with Crippen molar-refractivity contribution in [2.24, 2.45) is 0 Å². The molecule has 0 atom stereocenters. The van der Waals surface area contributed by atoms with Gasteiger partial charge in [-0.1, -0.05) is 0 Å². The first kappa shape index (κ1) is 13.6. The molecule has 0 amide bonds. The van der Waals surface area contributed by atoms with Crippen molar-refractivity contribution in [3.05, 3.63) is 46.3 Å². The maximum absolute atomic E-state index is 13.1. The lowest BCUT2D eigenvalue weighted by molar-refractivity contribution is -0.385. The second-order valence-corrected chi connectivity index (χ2v) is 3.56. The van der Waals surface area contributed by atoms with Crippen LogP contribution in [0.15, 0.2) is 24.5 Å². The number of nitro groups is 1. The van der Waals surface area contributed by atoms with Crippen molar-refractivity contribution in [3.63, 3.8) is 0 Å². The summed E-state index contributed by atoms with van der Waals surface area (Å²) >= 11 is 0. The number of nitrogens with one attached hydrogen (secondary N) is 1. The Bertz CT molecular complexity index is 666. The van der Waals surface area contributed by atoms with Crippen molar-refractivity contribution in [2.45, 2.75) is 0 Å². The minimum absolute atomic E-state index is 0.0532. The lowest BCUT2D eigenvalue weighted by atomic mass is 10.3. The highest BCUT2D eigenvalue weighted by Gasteiger charge is 2.24. The van der Waals surface area contributed by atoms with Gasteiger partial charge in [0.1, 0.15) is 12.1 Å². The van der Waals surface area contributed by atoms with Gasteiger partial charge in [-0.3, -0.25) is 10.1 Å². The Labute approximate surface area is 111 Å². The molecule has 1 aromatic heterocycles. The van der Waals surface area contributed by atoms with Gasteiger partial charge in [0.25, 0.3) is 0 Å². The van der Waals surface area contributed by atoms with Gasteiger partial charge in [0.15, 0.2) is 11.6 Å². The predicted octanol–water partition coefficient (Wildman–Crippen LogP) is 2.50. The molecule has 1 N–H and O–H groups in total. The maximum Gasteiger partial charge on any atom is 0.373 e. The van der Waals surface area contributed by atoms with Gasteiger partial charge in [0.05, 0.1) is 4.92 Å². The fourth-order valence-corrected chi connectivity index (χ4v) is 1.44. The van der Waals surface area contributed by atoms with Gasteiger partial charge in [-0.2, -0.15) is 4.98 Å². The molecule has 0 bridgehead atoms. The third-order valence-electron chi connectivity index (χ3n) is 2.31. The van der Waals surface area contributed by atoms with Crippen LogP contribution in [0.4, 0.5) is 20.3 Å². The molecule has 1 heterocycles. The Morgan fingerprint density at radius 3 is 2.65 bits per heavy atom. The first-order valence-electron chi connectivity index (χ1n) is 5.33. The minimum atomic E-state index is -1.13. The van der Waals surface area contributed by atoms with Crippen LogP contribution in [-0.4, -0.2) is 21.9 Å². The lowest BCUT2D eigenvalue weighted by Gasteiger charge is -2.07. The summed E-state index contributed by atoms with van der Waals surface area (Å²) in [5.74, 6) is -2.73. The van der Waals surface area contributed by atoms with Crippen molar-refractivity contribution in [2.75, 3.05) is 12.4 Å². The van der Waals surface area contributed by atoms with Gasteiger partial charge in [-0.15, -0.1) is 0 Å². The molecule has 2 rings (SSSR count). The van der Waals surface area contributed by atoms with E-state index in [1.165, 1.54) is 7.05 Å². The highest BCUT2D eigenvalue weighted by atomic mass is 19.2. The van der Waals surface area contributed by atoms with E-state index < -0.39 is 22.2 Å². The summed E-state index contributed by atoms with van der Waals surface area (Å²) in [5, 5.41) is 13.5. The number of ether oxygens (including phenoxy) is 1. The number of hydrogen-bond acceptors (Lipinski definition) is 6. The van der Waals surface area contributed by atoms with E-state index in [0.29, 0.717) is 0 Å². The van der Waals surface area contributed by atoms with E-state index >= 15 is 0 Å². The zero-order chi connectivity index (χ0) is 14.7. The van der Waals surface area contributed by atoms with Gasteiger partial charge >= 0.3 is 11.6 Å². The van der Waals surface area contributed by atoms with Crippen LogP contribution in [0.2, 0.25) is 0 Å². The van der Waals surface area contributed by atoms with Crippen molar-refractivity contribution >= 4 is 11.5 Å². The van der Waals surface area contributed by atoms with E-state index in [-0.39, 0.29) is 17.4 Å². The number of nitrogens with zero attached hydrogens (tertiary/aromatic N) is 3. The topological polar surface area (TPSA) is 90.2 Å². The van der Waals surface area contributed by atoms with E-state index in [9.17, 15) is 18.9 Å². The summed E-state index contributed by atoms with van der Waals surface area (Å²) in [6.07, 6.45) is 1.05. The van der Waals surface area contributed by atoms with E-state index in [4.69, 9.17) is 4.74 Å². The van der Waals surface area contributed by atoms with Gasteiger partial charge < -0.3 is 10.1 Å². The van der Waals surface area contributed by atoms with Gasteiger partial charge in [-0.05, 0) is 12.1 Å². The Kier molecular flexibility index (Phi) is 3.69. The van der Waals surface area contributed by atoms with E-state index in [0.717, 1.165) is 24.5 Å². The molecule has 0 spiro atoms. The SMILES string of the molecule is CNc1ncnc(Oc2ccc(F)c(F)c2)c1[N+](=O)[O-]. The smallest absolute Gasteiger partial charge is 0.373 e. The molecule has 0 unspecified atom stereocenters. The van der Waals surface area contributed by atoms with Crippen molar-refractivity contribution < 1.29 is 18.4 Å². The van der Waals surface area contributed by atoms with Crippen molar-refractivity contribution in [1.29, 1.82) is 0 Å². The Balaban J connectivity index is 2.42. The molecule has 0 radical (unpaired) electrons. The van der Waals surface area contributed by atoms with Crippen molar-refractivity contribution in [1.82, 2.24) is 9.97 Å². The molecular weight excluding hydrogens is 274 g/mol. The quantitative estimate of drug-likeness (QED) is 0.684. The Morgan fingerprint density at radius 2 is 2.05 bits per heavy atom. The summed E-state index contributed by atoms with van der Waals surface area (Å²) < 4.78 is 31.0. The molecule has 0 saturated heterocycles. The lowest BCUT2D eigenvalue weighted by Crippen LogP contribution is -2.03. The fraction of sp³-hybridized carbons (Fsp3) is 0.0909. The van der Waals surface area contributed by atoms with Crippen LogP contribution in [0, 0.1) is 21.7 Å². The molecule has 104 valence electrons. The van der Waals surface area contributed by atoms with Crippen LogP contribution in [0.3, 0.4) is 0 Å². The molecule has 0 saturated carbocycles. The summed E-state index contributed by atoms with van der Waals surface area (Å²) in [6, 6.07) is 2.74. The third-order valence-corrected chi connectivity index (χ3v) is 2.31. The largest absolute Gasteiger partial charge is 0.433 e. The third kappa shape index (κ3) is 2.60. The number of aromatic nitrogens is 2. The Hall–Kier alpha value is -2.84. The Morgan fingerprint density at radius 1 is 1.30 bits per heavy atom. The predicted molar refractivity (Wildman–Crippen MR) is 64.7 cm³/mol. The van der Waals surface area contributed by atoms with Crippen LogP contribution in [0.25, 0.3) is 0 Å². The molecule has 0 aliphatic carbocycles. The standard InChI is InChI=1S/C11H8F2N4O3/c1-14-10-9(17(18)19)11(16-5-15-10)20-6-2-3-7(12)8(13)4-6/h2-5H,1H3,(H,14,15,16). The maximum atomic E-state index is 13.1. The first-order chi connectivity index (χ1) is 9.52. The molecule has 0 aliphatic heterocycles. The van der Waals surface area contributed by atoms with Crippen LogP contribution >= 0.6 is 0 Å². The minimum Gasteiger partial charge on any atom is -0.433 e. The van der Waals surface area contributed by atoms with E-state index in [1.807, 2.05) is 0 Å². The normalized spacial score (nSPS) is 10.2. The van der Waals surface area contributed by atoms with Gasteiger partial charge in [-0.25, -0.2) is 13.8 Å². The summed E-state index contributed by atoms with van der Waals surface area (Å²) in [4.78, 5) is 17.5. The van der Waals surface area contributed by atoms with Gasteiger partial charge in [0.2, 0.25) is 5.82 Å². The average Bonchev–Trinajstić information content (AvgIpc) is 2.42. The summed E-state index contributed by atoms with van der Waals surface area (Å²) in [5.41, 5.74) is -0.500. The number of rotatable bonds is 4. The van der Waals surface area contributed by atoms with Crippen LogP contribution in [-0.2, 0) is 0 Å². The molecular formula is C11H8F2N4O3. The fourth-order valence-electron chi connectivity index (χ4n) is 1.44. The van der Waals surface area contributed by atoms with Crippen molar-refractivity contribution in [3.8, 4) is 11.6 Å². The molecule has 2 aromatic rings. The number of benzene rings is 1. The second-order valence-electron chi connectivity index (χ2n) is 3.56. The first-order valence-corrected chi connectivity index (χ1v) is 5.33. The number of hydrogen-bond donors (Lipinski definition) is 1. The zero-order valence-corrected chi connectivity index (χ0v) is 10.1. The van der Waals surface area contributed by atoms with Crippen LogP contribution < -0.4 is 10.1 Å². The second kappa shape index (κ2) is 5.43. The molecule has 20 heavy (non-hydrogen) atoms. The zero-order valence-electron chi connectivity index (χ0n) is 10.1. The molecule has 0 fully saturated rings. The highest BCUT2D eigenvalue weighted by molar-refractivity contribution is 5.61. The summed E-state index contributed by atoms with van der Waals surface area (Å²) in [6.45, 7) is 0. The van der Waals surface area contributed by atoms with Crippen LogP contribution in [0.1, 0.15) is 0 Å². The van der Waals surface area contributed by atoms with Gasteiger partial charge in [0, 0.05) is 13.1 Å². The molecule has 1 aromatic carbocycles. The van der Waals surface area contributed by atoms with Crippen LogP contribution in [0.5, 0.6) is 11.6 Å². The van der Waals surface area contributed by atoms with E-state index in [1.54, 1.807) is 0 Å². The molecule has 0 aliphatic rings. The highest BCUT2D eigenvalue weighted by Crippen LogP contribution is 2.33. The molecule has 9 heteroatoms. The monoisotopic (exact) mass is 282 g/mol.